The van der Waals surface area contributed by atoms with Crippen molar-refractivity contribution in [2.24, 2.45) is 0 Å². The molecule has 0 bridgehead atoms. The smallest absolute Gasteiger partial charge is 0.137 e. The molecule has 6 aromatic rings. The molecule has 0 amide bonds. The zero-order chi connectivity index (χ0) is 45.2. The monoisotopic (exact) mass is 866 g/mol. The van der Waals surface area contributed by atoms with E-state index < -0.39 is 140 Å². The van der Waals surface area contributed by atoms with E-state index in [9.17, 15) is 77.6 Å². The molecule has 0 aromatic heterocycles. The first-order chi connectivity index (χ1) is 29.0. The number of aldehydes is 2. The summed E-state index contributed by atoms with van der Waals surface area (Å²) in [6.07, 6.45) is 0.0545. The molecule has 0 unspecified atom stereocenters. The summed E-state index contributed by atoms with van der Waals surface area (Å²) in [7, 11) is 0. The van der Waals surface area contributed by atoms with Crippen LogP contribution in [0, 0.1) is 69.8 Å². The summed E-state index contributed by atoms with van der Waals surface area (Å²) in [5, 5.41) is 28.6. The molecule has 0 aliphatic rings. The van der Waals surface area contributed by atoms with Crippen molar-refractivity contribution >= 4 is 12.6 Å². The second-order valence-electron chi connectivity index (χ2n) is 12.9. The first-order valence-corrected chi connectivity index (χ1v) is 17.4. The number of rotatable bonds is 11. The lowest BCUT2D eigenvalue weighted by Crippen LogP contribution is -2.40. The van der Waals surface area contributed by atoms with Crippen molar-refractivity contribution in [2.75, 3.05) is 19.8 Å². The van der Waals surface area contributed by atoms with Gasteiger partial charge < -0.3 is 24.9 Å². The predicted octanol–water partition coefficient (Wildman–Crippen LogP) is 8.81. The summed E-state index contributed by atoms with van der Waals surface area (Å²) in [5.74, 6) is -14.9. The van der Waals surface area contributed by atoms with Gasteiger partial charge in [0, 0.05) is 33.4 Å². The van der Waals surface area contributed by atoms with E-state index in [-0.39, 0.29) is 12.6 Å². The highest BCUT2D eigenvalue weighted by atomic mass is 19.2. The minimum atomic E-state index is -2.50. The highest BCUT2D eigenvalue weighted by Crippen LogP contribution is 2.39. The van der Waals surface area contributed by atoms with Crippen LogP contribution < -0.4 is 0 Å². The molecule has 0 fully saturated rings. The van der Waals surface area contributed by atoms with Crippen LogP contribution in [0.3, 0.4) is 0 Å². The Morgan fingerprint density at radius 3 is 0.803 bits per heavy atom. The molecule has 0 heterocycles. The molecule has 320 valence electrons. The molecule has 3 N–H and O–H groups in total. The van der Waals surface area contributed by atoms with Crippen LogP contribution in [-0.2, 0) is 20.4 Å². The molecular formula is C44H30F12O5. The standard InChI is InChI=1S/C15H12F4O2.C15H10F4O2.C14H8F4O/c2*16-9-3-1-4-10(17)13(9)15(7-20,8-21)14-11(18)5-2-6-12(14)19;15-9-3-1-4-10(16)13(9)8(7-19)14-11(17)5-2-6-12(14)18/h1-6,20-21H,7-8H2;1-7,21H,8H2;1-8H. The molecule has 5 nitrogen and oxygen atoms in total. The van der Waals surface area contributed by atoms with E-state index in [0.29, 0.717) is 0 Å². The number of aliphatic hydroxyl groups is 3. The predicted molar refractivity (Wildman–Crippen MR) is 195 cm³/mol. The van der Waals surface area contributed by atoms with E-state index in [2.05, 4.69) is 0 Å². The van der Waals surface area contributed by atoms with Crippen LogP contribution in [0.4, 0.5) is 52.7 Å². The second kappa shape index (κ2) is 20.3. The zero-order valence-corrected chi connectivity index (χ0v) is 30.9. The van der Waals surface area contributed by atoms with Crippen molar-refractivity contribution in [2.45, 2.75) is 16.7 Å². The maximum Gasteiger partial charge on any atom is 0.137 e. The topological polar surface area (TPSA) is 94.8 Å². The van der Waals surface area contributed by atoms with Crippen LogP contribution in [0.15, 0.2) is 109 Å². The third-order valence-corrected chi connectivity index (χ3v) is 9.45. The van der Waals surface area contributed by atoms with E-state index in [1.807, 2.05) is 0 Å². The summed E-state index contributed by atoms with van der Waals surface area (Å²) < 4.78 is 166. The van der Waals surface area contributed by atoms with Gasteiger partial charge in [-0.2, -0.15) is 0 Å². The molecule has 6 rings (SSSR count). The molecule has 0 aliphatic heterocycles. The van der Waals surface area contributed by atoms with E-state index >= 15 is 0 Å². The molecule has 17 heteroatoms. The summed E-state index contributed by atoms with van der Waals surface area (Å²) in [6, 6.07) is 17.0. The van der Waals surface area contributed by atoms with Crippen LogP contribution in [0.25, 0.3) is 0 Å². The third-order valence-electron chi connectivity index (χ3n) is 9.45. The number of carbonyl (C=O) groups excluding carboxylic acids is 2. The first-order valence-electron chi connectivity index (χ1n) is 17.4. The van der Waals surface area contributed by atoms with Gasteiger partial charge in [-0.15, -0.1) is 0 Å². The average molecular weight is 867 g/mol. The van der Waals surface area contributed by atoms with Gasteiger partial charge in [-0.3, -0.25) is 0 Å². The van der Waals surface area contributed by atoms with E-state index in [1.54, 1.807) is 0 Å². The van der Waals surface area contributed by atoms with Crippen LogP contribution in [0.5, 0.6) is 0 Å². The number of hydrogen-bond donors (Lipinski definition) is 3. The maximum atomic E-state index is 14.0. The fourth-order valence-corrected chi connectivity index (χ4v) is 6.58. The van der Waals surface area contributed by atoms with Gasteiger partial charge in [0.05, 0.1) is 31.2 Å². The Labute approximate surface area is 338 Å². The summed E-state index contributed by atoms with van der Waals surface area (Å²) in [4.78, 5) is 22.5. The van der Waals surface area contributed by atoms with Gasteiger partial charge in [0.15, 0.2) is 0 Å². The van der Waals surface area contributed by atoms with Crippen LogP contribution in [0.1, 0.15) is 39.3 Å². The Morgan fingerprint density at radius 2 is 0.607 bits per heavy atom. The number of carbonyl (C=O) groups is 2. The molecule has 0 atom stereocenters. The van der Waals surface area contributed by atoms with E-state index in [1.165, 1.54) is 0 Å². The van der Waals surface area contributed by atoms with E-state index in [4.69, 9.17) is 0 Å². The van der Waals surface area contributed by atoms with Crippen LogP contribution in [-0.4, -0.2) is 47.7 Å². The molecule has 0 saturated heterocycles. The number of hydrogen-bond acceptors (Lipinski definition) is 5. The highest BCUT2D eigenvalue weighted by molar-refractivity contribution is 5.76. The van der Waals surface area contributed by atoms with Gasteiger partial charge in [-0.1, -0.05) is 36.4 Å². The minimum absolute atomic E-state index is 0.0595. The Morgan fingerprint density at radius 1 is 0.377 bits per heavy atom. The molecular weight excluding hydrogens is 836 g/mol. The molecule has 0 radical (unpaired) electrons. The van der Waals surface area contributed by atoms with Crippen molar-refractivity contribution in [1.82, 2.24) is 0 Å². The zero-order valence-electron chi connectivity index (χ0n) is 30.9. The van der Waals surface area contributed by atoms with Crippen molar-refractivity contribution in [3.8, 4) is 0 Å². The fraction of sp³-hybridized carbons (Fsp3) is 0.136. The third kappa shape index (κ3) is 9.38. The van der Waals surface area contributed by atoms with Gasteiger partial charge >= 0.3 is 0 Å². The number of aliphatic hydroxyl groups excluding tert-OH is 3. The van der Waals surface area contributed by atoms with Gasteiger partial charge in [-0.05, 0) is 72.8 Å². The Kier molecular flexibility index (Phi) is 15.8. The van der Waals surface area contributed by atoms with Gasteiger partial charge in [0.2, 0.25) is 0 Å². The lowest BCUT2D eigenvalue weighted by molar-refractivity contribution is -0.113. The minimum Gasteiger partial charge on any atom is -0.395 e. The quantitative estimate of drug-likeness (QED) is 0.0895. The first kappa shape index (κ1) is 47.4. The van der Waals surface area contributed by atoms with Crippen LogP contribution in [0.2, 0.25) is 0 Å². The molecule has 0 spiro atoms. The fourth-order valence-electron chi connectivity index (χ4n) is 6.58. The number of halogens is 12. The lowest BCUT2D eigenvalue weighted by atomic mass is 9.74. The van der Waals surface area contributed by atoms with E-state index in [0.717, 1.165) is 109 Å². The normalized spacial score (nSPS) is 11.3. The lowest BCUT2D eigenvalue weighted by Gasteiger charge is -2.32. The largest absolute Gasteiger partial charge is 0.395 e. The van der Waals surface area contributed by atoms with Gasteiger partial charge in [-0.25, -0.2) is 52.7 Å². The summed E-state index contributed by atoms with van der Waals surface area (Å²) >= 11 is 0. The summed E-state index contributed by atoms with van der Waals surface area (Å²) in [6.45, 7) is -3.33. The van der Waals surface area contributed by atoms with Crippen molar-refractivity contribution in [3.05, 3.63) is 212 Å². The maximum absolute atomic E-state index is 14.0. The van der Waals surface area contributed by atoms with Crippen molar-refractivity contribution in [3.63, 3.8) is 0 Å². The summed E-state index contributed by atoms with van der Waals surface area (Å²) in [5.41, 5.74) is -9.44. The highest BCUT2D eigenvalue weighted by Gasteiger charge is 2.44. The molecule has 61 heavy (non-hydrogen) atoms. The molecule has 0 saturated carbocycles. The molecule has 6 aromatic carbocycles. The second-order valence-corrected chi connectivity index (χ2v) is 12.9. The Hall–Kier alpha value is -6.30. The Bertz CT molecular complexity index is 2230. The van der Waals surface area contributed by atoms with Crippen LogP contribution >= 0.6 is 0 Å². The number of benzene rings is 6. The molecule has 0 aliphatic carbocycles. The average Bonchev–Trinajstić information content (AvgIpc) is 3.21. The SMILES string of the molecule is O=CC(CO)(c1c(F)cccc1F)c1c(F)cccc1F.O=CC(c1c(F)cccc1F)c1c(F)cccc1F.OCC(CO)(c1c(F)cccc1F)c1c(F)cccc1F. The van der Waals surface area contributed by atoms with Gasteiger partial charge in [0.1, 0.15) is 87.8 Å². The Balaban J connectivity index is 0.000000202. The van der Waals surface area contributed by atoms with Gasteiger partial charge in [0.25, 0.3) is 0 Å². The van der Waals surface area contributed by atoms with Crippen molar-refractivity contribution in [1.29, 1.82) is 0 Å². The van der Waals surface area contributed by atoms with Crippen molar-refractivity contribution < 1.29 is 77.6 Å².